The summed E-state index contributed by atoms with van der Waals surface area (Å²) in [7, 11) is 2.03. The largest absolute Gasteiger partial charge is 0.378 e. The van der Waals surface area contributed by atoms with Crippen molar-refractivity contribution >= 4 is 17.3 Å². The van der Waals surface area contributed by atoms with E-state index in [0.29, 0.717) is 26.3 Å². The monoisotopic (exact) mass is 261 g/mol. The number of amides is 1. The van der Waals surface area contributed by atoms with E-state index in [1.54, 1.807) is 0 Å². The molecule has 102 valence electrons. The minimum absolute atomic E-state index is 0.106. The number of anilines is 2. The number of hydrogen-bond donors (Lipinski definition) is 1. The lowest BCUT2D eigenvalue weighted by Crippen LogP contribution is -2.40. The number of carbonyl (C=O) groups excluding carboxylic acids is 1. The number of rotatable bonds is 1. The Morgan fingerprint density at radius 2 is 2.05 bits per heavy atom. The zero-order chi connectivity index (χ0) is 13.4. The van der Waals surface area contributed by atoms with Crippen LogP contribution in [0.1, 0.15) is 15.9 Å². The van der Waals surface area contributed by atoms with E-state index in [0.717, 1.165) is 29.2 Å². The molecule has 0 bridgehead atoms. The maximum absolute atomic E-state index is 12.5. The van der Waals surface area contributed by atoms with E-state index >= 15 is 0 Å². The van der Waals surface area contributed by atoms with Crippen LogP contribution in [0.5, 0.6) is 0 Å². The molecule has 0 unspecified atom stereocenters. The first-order valence-corrected chi connectivity index (χ1v) is 6.63. The zero-order valence-corrected chi connectivity index (χ0v) is 11.4. The summed E-state index contributed by atoms with van der Waals surface area (Å²) in [5.74, 6) is 0.106. The Bertz CT molecular complexity index is 510. The molecule has 1 aromatic rings. The van der Waals surface area contributed by atoms with Gasteiger partial charge in [-0.25, -0.2) is 0 Å². The van der Waals surface area contributed by atoms with Crippen LogP contribution >= 0.6 is 0 Å². The normalized spacial score (nSPS) is 18.2. The van der Waals surface area contributed by atoms with Crippen molar-refractivity contribution in [1.29, 1.82) is 0 Å². The molecule has 1 fully saturated rings. The van der Waals surface area contributed by atoms with E-state index in [4.69, 9.17) is 4.74 Å². The molecule has 1 saturated heterocycles. The van der Waals surface area contributed by atoms with E-state index in [2.05, 4.69) is 10.2 Å². The van der Waals surface area contributed by atoms with Crippen molar-refractivity contribution in [3.63, 3.8) is 0 Å². The Labute approximate surface area is 113 Å². The minimum Gasteiger partial charge on any atom is -0.378 e. The molecule has 2 heterocycles. The quantitative estimate of drug-likeness (QED) is 0.827. The number of hydrogen-bond acceptors (Lipinski definition) is 4. The first-order valence-electron chi connectivity index (χ1n) is 6.63. The van der Waals surface area contributed by atoms with Gasteiger partial charge in [0.1, 0.15) is 0 Å². The van der Waals surface area contributed by atoms with Crippen molar-refractivity contribution < 1.29 is 9.53 Å². The fourth-order valence-corrected chi connectivity index (χ4v) is 2.65. The SMILES string of the molecule is Cc1cc(C(=O)N2CCOCC2)cc2c1NCN2C. The molecule has 1 aromatic carbocycles. The Morgan fingerprint density at radius 3 is 2.79 bits per heavy atom. The number of ether oxygens (including phenoxy) is 1. The van der Waals surface area contributed by atoms with Crippen LogP contribution in [0.25, 0.3) is 0 Å². The molecule has 2 aliphatic heterocycles. The van der Waals surface area contributed by atoms with Crippen molar-refractivity contribution in [2.24, 2.45) is 0 Å². The van der Waals surface area contributed by atoms with Gasteiger partial charge in [0.2, 0.25) is 0 Å². The number of carbonyl (C=O) groups is 1. The maximum Gasteiger partial charge on any atom is 0.254 e. The highest BCUT2D eigenvalue weighted by molar-refractivity contribution is 5.97. The fraction of sp³-hybridized carbons (Fsp3) is 0.500. The molecule has 0 spiro atoms. The molecule has 0 radical (unpaired) electrons. The van der Waals surface area contributed by atoms with Gasteiger partial charge in [-0.2, -0.15) is 0 Å². The van der Waals surface area contributed by atoms with Gasteiger partial charge in [0.05, 0.1) is 31.3 Å². The molecule has 5 nitrogen and oxygen atoms in total. The molecule has 0 aromatic heterocycles. The van der Waals surface area contributed by atoms with Crippen molar-refractivity contribution in [3.8, 4) is 0 Å². The second kappa shape index (κ2) is 4.74. The van der Waals surface area contributed by atoms with Crippen LogP contribution in [0.3, 0.4) is 0 Å². The third-order valence-corrected chi connectivity index (χ3v) is 3.76. The topological polar surface area (TPSA) is 44.8 Å². The van der Waals surface area contributed by atoms with Crippen molar-refractivity contribution in [3.05, 3.63) is 23.3 Å². The molecular formula is C14H19N3O2. The van der Waals surface area contributed by atoms with Crippen LogP contribution < -0.4 is 10.2 Å². The second-order valence-electron chi connectivity index (χ2n) is 5.12. The van der Waals surface area contributed by atoms with Crippen LogP contribution in [-0.4, -0.2) is 50.8 Å². The lowest BCUT2D eigenvalue weighted by Gasteiger charge is -2.27. The highest BCUT2D eigenvalue weighted by atomic mass is 16.5. The van der Waals surface area contributed by atoms with Crippen molar-refractivity contribution in [2.75, 3.05) is 50.2 Å². The van der Waals surface area contributed by atoms with Crippen LogP contribution in [-0.2, 0) is 4.74 Å². The van der Waals surface area contributed by atoms with E-state index in [-0.39, 0.29) is 5.91 Å². The standard InChI is InChI=1S/C14H19N3O2/c1-10-7-11(8-12-13(10)15-9-16(12)2)14(18)17-3-5-19-6-4-17/h7-8,15H,3-6,9H2,1-2H3. The van der Waals surface area contributed by atoms with Gasteiger partial charge in [-0.15, -0.1) is 0 Å². The van der Waals surface area contributed by atoms with Gasteiger partial charge in [0.15, 0.2) is 0 Å². The van der Waals surface area contributed by atoms with Crippen LogP contribution in [0, 0.1) is 6.92 Å². The number of nitrogens with zero attached hydrogens (tertiary/aromatic N) is 2. The molecular weight excluding hydrogens is 242 g/mol. The van der Waals surface area contributed by atoms with Gasteiger partial charge >= 0.3 is 0 Å². The van der Waals surface area contributed by atoms with Gasteiger partial charge in [-0.05, 0) is 24.6 Å². The minimum atomic E-state index is 0.106. The molecule has 5 heteroatoms. The third kappa shape index (κ3) is 2.14. The Hall–Kier alpha value is -1.75. The highest BCUT2D eigenvalue weighted by Crippen LogP contribution is 2.34. The summed E-state index contributed by atoms with van der Waals surface area (Å²) in [6, 6.07) is 3.96. The summed E-state index contributed by atoms with van der Waals surface area (Å²) in [4.78, 5) is 16.5. The van der Waals surface area contributed by atoms with Gasteiger partial charge in [0.25, 0.3) is 5.91 Å². The van der Waals surface area contributed by atoms with Crippen LogP contribution in [0.2, 0.25) is 0 Å². The summed E-state index contributed by atoms with van der Waals surface area (Å²) < 4.78 is 5.29. The molecule has 3 rings (SSSR count). The number of fused-ring (bicyclic) bond motifs is 1. The van der Waals surface area contributed by atoms with Crippen LogP contribution in [0.15, 0.2) is 12.1 Å². The van der Waals surface area contributed by atoms with Gasteiger partial charge in [0, 0.05) is 25.7 Å². The van der Waals surface area contributed by atoms with Gasteiger partial charge < -0.3 is 19.9 Å². The zero-order valence-electron chi connectivity index (χ0n) is 11.4. The van der Waals surface area contributed by atoms with Crippen molar-refractivity contribution in [2.45, 2.75) is 6.92 Å². The van der Waals surface area contributed by atoms with Gasteiger partial charge in [-0.1, -0.05) is 0 Å². The first kappa shape index (κ1) is 12.3. The van der Waals surface area contributed by atoms with Crippen molar-refractivity contribution in [1.82, 2.24) is 4.90 Å². The Morgan fingerprint density at radius 1 is 1.32 bits per heavy atom. The summed E-state index contributed by atoms with van der Waals surface area (Å²) in [5, 5.41) is 3.34. The maximum atomic E-state index is 12.5. The lowest BCUT2D eigenvalue weighted by atomic mass is 10.1. The van der Waals surface area contributed by atoms with E-state index < -0.39 is 0 Å². The molecule has 2 aliphatic rings. The summed E-state index contributed by atoms with van der Waals surface area (Å²) >= 11 is 0. The average Bonchev–Trinajstić information content (AvgIpc) is 2.81. The van der Waals surface area contributed by atoms with E-state index in [1.807, 2.05) is 31.0 Å². The molecule has 1 amide bonds. The van der Waals surface area contributed by atoms with Gasteiger partial charge in [-0.3, -0.25) is 4.79 Å². The number of nitrogens with one attached hydrogen (secondary N) is 1. The Kier molecular flexibility index (Phi) is 3.06. The number of morpholine rings is 1. The summed E-state index contributed by atoms with van der Waals surface area (Å²) in [6.45, 7) is 5.48. The molecule has 1 N–H and O–H groups in total. The number of aryl methyl sites for hydroxylation is 1. The molecule has 0 atom stereocenters. The predicted octanol–water partition coefficient (Wildman–Crippen LogP) is 1.29. The fourth-order valence-electron chi connectivity index (χ4n) is 2.65. The van der Waals surface area contributed by atoms with E-state index in [9.17, 15) is 4.79 Å². The smallest absolute Gasteiger partial charge is 0.254 e. The van der Waals surface area contributed by atoms with Crippen LogP contribution in [0.4, 0.5) is 11.4 Å². The highest BCUT2D eigenvalue weighted by Gasteiger charge is 2.23. The number of benzene rings is 1. The second-order valence-corrected chi connectivity index (χ2v) is 5.12. The first-order chi connectivity index (χ1) is 9.16. The summed E-state index contributed by atoms with van der Waals surface area (Å²) in [5.41, 5.74) is 4.14. The average molecular weight is 261 g/mol. The Balaban J connectivity index is 1.91. The lowest BCUT2D eigenvalue weighted by molar-refractivity contribution is 0.0303. The molecule has 19 heavy (non-hydrogen) atoms. The van der Waals surface area contributed by atoms with E-state index in [1.165, 1.54) is 0 Å². The molecule has 0 saturated carbocycles. The summed E-state index contributed by atoms with van der Waals surface area (Å²) in [6.07, 6.45) is 0. The molecule has 0 aliphatic carbocycles. The third-order valence-electron chi connectivity index (χ3n) is 3.76. The predicted molar refractivity (Wildman–Crippen MR) is 74.8 cm³/mol.